The van der Waals surface area contributed by atoms with Crippen LogP contribution in [0.2, 0.25) is 0 Å². The molecule has 0 fully saturated rings. The fourth-order valence-electron chi connectivity index (χ4n) is 0. The Kier molecular flexibility index (Phi) is 103. The summed E-state index contributed by atoms with van der Waals surface area (Å²) >= 11 is 0. The van der Waals surface area contributed by atoms with Crippen molar-refractivity contribution in [2.75, 3.05) is 0 Å². The van der Waals surface area contributed by atoms with Crippen molar-refractivity contribution in [1.82, 2.24) is 0 Å². The van der Waals surface area contributed by atoms with Crippen LogP contribution >= 0.6 is 0 Å². The molecular formula is HAuKMnZn. The Morgan fingerprint density at radius 3 is 1.25 bits per heavy atom. The van der Waals surface area contributed by atoms with Crippen LogP contribution in [0.15, 0.2) is 0 Å². The van der Waals surface area contributed by atoms with Crippen molar-refractivity contribution in [2.45, 2.75) is 0 Å². The molecule has 0 aliphatic rings. The molecule has 0 aromatic carbocycles. The Morgan fingerprint density at radius 2 is 1.25 bits per heavy atom. The first-order valence-corrected chi connectivity index (χ1v) is 0. The summed E-state index contributed by atoms with van der Waals surface area (Å²) in [5.74, 6) is 0. The van der Waals surface area contributed by atoms with Crippen LogP contribution in [0.3, 0.4) is 0 Å². The second-order valence-corrected chi connectivity index (χ2v) is 0. The van der Waals surface area contributed by atoms with Gasteiger partial charge in [0.15, 0.2) is 0 Å². The van der Waals surface area contributed by atoms with E-state index in [1.165, 1.54) is 0 Å². The largest absolute Gasteiger partial charge is 1.00 e. The van der Waals surface area contributed by atoms with Crippen LogP contribution in [-0.2, 0) is 58.9 Å². The molecule has 0 saturated carbocycles. The molecule has 4 heteroatoms. The first-order valence-electron chi connectivity index (χ1n) is 0. The molecule has 0 aliphatic carbocycles. The molecule has 0 nitrogen and oxygen atoms in total. The van der Waals surface area contributed by atoms with Gasteiger partial charge in [-0.1, -0.05) is 0 Å². The molecule has 0 N–H and O–H groups in total. The summed E-state index contributed by atoms with van der Waals surface area (Å²) in [7, 11) is 0. The van der Waals surface area contributed by atoms with Crippen LogP contribution in [0.1, 0.15) is 1.43 Å². The molecular weight excluding hydrogens is 356 g/mol. The van der Waals surface area contributed by atoms with E-state index in [1.807, 2.05) is 0 Å². The van der Waals surface area contributed by atoms with Gasteiger partial charge in [-0.25, -0.2) is 0 Å². The van der Waals surface area contributed by atoms with Crippen molar-refractivity contribution < 1.29 is 112 Å². The second-order valence-electron chi connectivity index (χ2n) is 0. The van der Waals surface area contributed by atoms with Crippen molar-refractivity contribution in [2.24, 2.45) is 0 Å². The average Bonchev–Trinajstić information content (AvgIpc) is 0. The molecule has 0 unspecified atom stereocenters. The molecule has 2 radical (unpaired) electrons. The SMILES string of the molecule is [Au].[H-].[K+].[Mn].[Zn]. The van der Waals surface area contributed by atoms with Gasteiger partial charge in [-0.2, -0.15) is 0 Å². The predicted molar refractivity (Wildman–Crippen MR) is 1.11 cm³/mol. The van der Waals surface area contributed by atoms with E-state index < -0.39 is 0 Å². The van der Waals surface area contributed by atoms with Gasteiger partial charge in [0.1, 0.15) is 0 Å². The minimum Gasteiger partial charge on any atom is -1.00 e. The molecule has 0 spiro atoms. The quantitative estimate of drug-likeness (QED) is 0.409. The second kappa shape index (κ2) is 16.0. The summed E-state index contributed by atoms with van der Waals surface area (Å²) in [6.07, 6.45) is 0. The minimum atomic E-state index is 0. The maximum Gasteiger partial charge on any atom is 1.00 e. The molecule has 0 rings (SSSR count). The molecule has 0 aromatic rings. The summed E-state index contributed by atoms with van der Waals surface area (Å²) < 4.78 is 0. The molecule has 0 saturated heterocycles. The maximum absolute atomic E-state index is 0. The van der Waals surface area contributed by atoms with Crippen LogP contribution in [-0.4, -0.2) is 0 Å². The van der Waals surface area contributed by atoms with E-state index in [4.69, 9.17) is 0 Å². The van der Waals surface area contributed by atoms with Crippen molar-refractivity contribution in [3.63, 3.8) is 0 Å². The van der Waals surface area contributed by atoms with Crippen molar-refractivity contribution in [1.29, 1.82) is 0 Å². The van der Waals surface area contributed by atoms with Gasteiger partial charge in [-0.05, 0) is 0 Å². The first-order chi connectivity index (χ1) is 0. The van der Waals surface area contributed by atoms with E-state index in [-0.39, 0.29) is 112 Å². The zero-order valence-corrected chi connectivity index (χ0v) is 11.8. The van der Waals surface area contributed by atoms with Crippen molar-refractivity contribution >= 4 is 0 Å². The van der Waals surface area contributed by atoms with E-state index in [0.29, 0.717) is 0 Å². The third kappa shape index (κ3) is 9.10. The fraction of sp³-hybridized carbons (Fsp3) is 0. The fourth-order valence-corrected chi connectivity index (χ4v) is 0. The predicted octanol–water partition coefficient (Wildman–Crippen LogP) is -2.89. The Labute approximate surface area is 109 Å². The van der Waals surface area contributed by atoms with Crippen molar-refractivity contribution in [3.05, 3.63) is 0 Å². The van der Waals surface area contributed by atoms with Gasteiger partial charge in [0, 0.05) is 58.9 Å². The van der Waals surface area contributed by atoms with E-state index in [1.54, 1.807) is 0 Å². The molecule has 0 heterocycles. The van der Waals surface area contributed by atoms with E-state index >= 15 is 0 Å². The van der Waals surface area contributed by atoms with Gasteiger partial charge in [-0.15, -0.1) is 0 Å². The van der Waals surface area contributed by atoms with Gasteiger partial charge in [0.25, 0.3) is 0 Å². The minimum absolute atomic E-state index is 0. The maximum atomic E-state index is 0. The molecule has 0 aliphatic heterocycles. The van der Waals surface area contributed by atoms with E-state index in [9.17, 15) is 0 Å². The third-order valence-corrected chi connectivity index (χ3v) is 0. The van der Waals surface area contributed by atoms with Gasteiger partial charge in [0.05, 0.1) is 0 Å². The van der Waals surface area contributed by atoms with Gasteiger partial charge >= 0.3 is 51.4 Å². The number of hydrogen-bond acceptors (Lipinski definition) is 0. The number of hydrogen-bond donors (Lipinski definition) is 0. The van der Waals surface area contributed by atoms with E-state index in [2.05, 4.69) is 0 Å². The van der Waals surface area contributed by atoms with Crippen LogP contribution in [0.25, 0.3) is 0 Å². The molecule has 0 amide bonds. The van der Waals surface area contributed by atoms with Gasteiger partial charge < -0.3 is 1.43 Å². The smallest absolute Gasteiger partial charge is 1.00 e. The average molecular weight is 357 g/mol. The van der Waals surface area contributed by atoms with Crippen LogP contribution in [0, 0.1) is 0 Å². The Balaban J connectivity index is 0. The molecule has 22 valence electrons. The first kappa shape index (κ1) is 25.8. The van der Waals surface area contributed by atoms with Crippen LogP contribution in [0.5, 0.6) is 0 Å². The van der Waals surface area contributed by atoms with Crippen molar-refractivity contribution in [3.8, 4) is 0 Å². The third-order valence-electron chi connectivity index (χ3n) is 0. The summed E-state index contributed by atoms with van der Waals surface area (Å²) in [5, 5.41) is 0. The summed E-state index contributed by atoms with van der Waals surface area (Å²) in [6.45, 7) is 0. The number of rotatable bonds is 0. The molecule has 0 aromatic heterocycles. The standard InChI is InChI=1S/Au.K.Mn.Zn.H/q;+1;;;-1. The monoisotopic (exact) mass is 356 g/mol. The molecule has 4 heavy (non-hydrogen) atoms. The topological polar surface area (TPSA) is 0 Å². The van der Waals surface area contributed by atoms with Gasteiger partial charge in [-0.3, -0.25) is 0 Å². The summed E-state index contributed by atoms with van der Waals surface area (Å²) in [5.41, 5.74) is 0. The normalized spacial score (nSPS) is 0. The van der Waals surface area contributed by atoms with Gasteiger partial charge in [0.2, 0.25) is 0 Å². The molecule has 0 bridgehead atoms. The van der Waals surface area contributed by atoms with Crippen LogP contribution in [0.4, 0.5) is 0 Å². The Bertz CT molecular complexity index is 11.6. The zero-order valence-electron chi connectivity index (χ0n) is 3.39. The zero-order chi connectivity index (χ0) is 0. The Hall–Kier alpha value is 3.52. The molecule has 0 atom stereocenters. The summed E-state index contributed by atoms with van der Waals surface area (Å²) in [4.78, 5) is 0. The van der Waals surface area contributed by atoms with E-state index in [0.717, 1.165) is 0 Å². The summed E-state index contributed by atoms with van der Waals surface area (Å²) in [6, 6.07) is 0. The van der Waals surface area contributed by atoms with Crippen LogP contribution < -0.4 is 51.4 Å². The Morgan fingerprint density at radius 1 is 1.25 bits per heavy atom.